The quantitative estimate of drug-likeness (QED) is 0.652. The summed E-state index contributed by atoms with van der Waals surface area (Å²) in [6, 6.07) is 7.89. The fraction of sp³-hybridized carbons (Fsp3) is 0.312. The lowest BCUT2D eigenvalue weighted by Crippen LogP contribution is -2.01. The van der Waals surface area contributed by atoms with E-state index in [2.05, 4.69) is 35.7 Å². The topological polar surface area (TPSA) is 52.3 Å². The van der Waals surface area contributed by atoms with Gasteiger partial charge >= 0.3 is 0 Å². The summed E-state index contributed by atoms with van der Waals surface area (Å²) >= 11 is 1.54. The molecule has 0 saturated carbocycles. The predicted molar refractivity (Wildman–Crippen MR) is 88.3 cm³/mol. The average molecular weight is 314 g/mol. The molecule has 114 valence electrons. The van der Waals surface area contributed by atoms with Gasteiger partial charge in [-0.15, -0.1) is 10.2 Å². The number of rotatable bonds is 6. The highest BCUT2D eigenvalue weighted by Gasteiger charge is 2.13. The number of aromatic nitrogens is 4. The Morgan fingerprint density at radius 3 is 2.73 bits per heavy atom. The van der Waals surface area contributed by atoms with Crippen LogP contribution in [0.5, 0.6) is 5.75 Å². The summed E-state index contributed by atoms with van der Waals surface area (Å²) in [5.74, 6) is 2.27. The summed E-state index contributed by atoms with van der Waals surface area (Å²) in [7, 11) is 0. The Kier molecular flexibility index (Phi) is 4.20. The van der Waals surface area contributed by atoms with Gasteiger partial charge in [0.2, 0.25) is 4.96 Å². The molecule has 22 heavy (non-hydrogen) atoms. The maximum absolute atomic E-state index is 5.49. The molecule has 5 nitrogen and oxygen atoms in total. The first kappa shape index (κ1) is 14.7. The first-order valence-electron chi connectivity index (χ1n) is 7.22. The van der Waals surface area contributed by atoms with Crippen LogP contribution in [0.25, 0.3) is 15.5 Å². The summed E-state index contributed by atoms with van der Waals surface area (Å²) in [6.07, 6.45) is 2.60. The van der Waals surface area contributed by atoms with Crippen LogP contribution in [0.3, 0.4) is 0 Å². The molecule has 0 unspecified atom stereocenters. The highest BCUT2D eigenvalue weighted by atomic mass is 32.1. The summed E-state index contributed by atoms with van der Waals surface area (Å²) in [5, 5.41) is 14.0. The first-order chi connectivity index (χ1) is 10.7. The van der Waals surface area contributed by atoms with Gasteiger partial charge in [0.25, 0.3) is 0 Å². The van der Waals surface area contributed by atoms with Crippen molar-refractivity contribution in [1.29, 1.82) is 0 Å². The van der Waals surface area contributed by atoms with Crippen molar-refractivity contribution in [2.24, 2.45) is 5.92 Å². The van der Waals surface area contributed by atoms with E-state index >= 15 is 0 Å². The number of benzene rings is 1. The molecule has 6 heteroatoms. The second-order valence-corrected chi connectivity index (χ2v) is 6.40. The van der Waals surface area contributed by atoms with Crippen molar-refractivity contribution >= 4 is 16.3 Å². The Morgan fingerprint density at radius 2 is 2.05 bits per heavy atom. The number of nitrogens with zero attached hydrogens (tertiary/aromatic N) is 4. The van der Waals surface area contributed by atoms with Gasteiger partial charge in [-0.1, -0.05) is 37.8 Å². The Bertz CT molecular complexity index is 773. The monoisotopic (exact) mass is 314 g/mol. The Hall–Kier alpha value is -2.21. The van der Waals surface area contributed by atoms with E-state index in [1.807, 2.05) is 28.8 Å². The van der Waals surface area contributed by atoms with Crippen molar-refractivity contribution < 1.29 is 4.74 Å². The molecule has 0 aliphatic heterocycles. The van der Waals surface area contributed by atoms with E-state index in [1.54, 1.807) is 17.4 Å². The van der Waals surface area contributed by atoms with Gasteiger partial charge in [-0.25, -0.2) is 0 Å². The number of hydrogen-bond acceptors (Lipinski definition) is 5. The maximum atomic E-state index is 5.49. The molecule has 0 spiro atoms. The van der Waals surface area contributed by atoms with E-state index in [-0.39, 0.29) is 0 Å². The molecule has 0 aliphatic carbocycles. The minimum Gasteiger partial charge on any atom is -0.490 e. The molecular formula is C16H18N4OS. The third-order valence-electron chi connectivity index (χ3n) is 3.12. The lowest BCUT2D eigenvalue weighted by molar-refractivity contribution is 0.363. The minimum atomic E-state index is 0.509. The zero-order chi connectivity index (χ0) is 15.5. The number of fused-ring (bicyclic) bond motifs is 1. The van der Waals surface area contributed by atoms with Crippen LogP contribution < -0.4 is 4.74 Å². The molecule has 0 atom stereocenters. The second kappa shape index (κ2) is 6.27. The van der Waals surface area contributed by atoms with Gasteiger partial charge in [0, 0.05) is 12.0 Å². The highest BCUT2D eigenvalue weighted by Crippen LogP contribution is 2.27. The van der Waals surface area contributed by atoms with E-state index in [4.69, 9.17) is 4.74 Å². The maximum Gasteiger partial charge on any atom is 0.234 e. The van der Waals surface area contributed by atoms with Gasteiger partial charge in [-0.05, 0) is 30.2 Å². The molecule has 2 aromatic heterocycles. The van der Waals surface area contributed by atoms with Crippen molar-refractivity contribution in [1.82, 2.24) is 19.8 Å². The van der Waals surface area contributed by atoms with Gasteiger partial charge < -0.3 is 4.74 Å². The standard InChI is InChI=1S/C16H18N4OS/c1-4-9-21-13-7-5-12(6-8-13)15-19-20-14(10-11(2)3)17-18-16(20)22-15/h4-8,11H,1,9-10H2,2-3H3. The number of ether oxygens (including phenoxy) is 1. The van der Waals surface area contributed by atoms with Gasteiger partial charge in [-0.2, -0.15) is 9.61 Å². The van der Waals surface area contributed by atoms with Crippen LogP contribution in [-0.4, -0.2) is 26.4 Å². The van der Waals surface area contributed by atoms with Gasteiger partial charge in [0.05, 0.1) is 0 Å². The summed E-state index contributed by atoms with van der Waals surface area (Å²) < 4.78 is 7.34. The third kappa shape index (κ3) is 3.01. The van der Waals surface area contributed by atoms with Crippen LogP contribution in [0.2, 0.25) is 0 Å². The predicted octanol–water partition coefficient (Wildman–Crippen LogP) is 3.62. The van der Waals surface area contributed by atoms with Crippen LogP contribution in [0.1, 0.15) is 19.7 Å². The summed E-state index contributed by atoms with van der Waals surface area (Å²) in [4.78, 5) is 0.831. The Labute approximate surface area is 133 Å². The van der Waals surface area contributed by atoms with Crippen LogP contribution in [0.4, 0.5) is 0 Å². The molecule has 0 fully saturated rings. The van der Waals surface area contributed by atoms with Crippen LogP contribution in [0.15, 0.2) is 36.9 Å². The van der Waals surface area contributed by atoms with Crippen molar-refractivity contribution in [3.8, 4) is 16.3 Å². The molecule has 0 aliphatic rings. The molecule has 0 saturated heterocycles. The number of hydrogen-bond donors (Lipinski definition) is 0. The third-order valence-corrected chi connectivity index (χ3v) is 4.06. The summed E-state index contributed by atoms with van der Waals surface area (Å²) in [6.45, 7) is 8.47. The summed E-state index contributed by atoms with van der Waals surface area (Å²) in [5.41, 5.74) is 1.05. The van der Waals surface area contributed by atoms with Crippen molar-refractivity contribution in [3.05, 3.63) is 42.7 Å². The van der Waals surface area contributed by atoms with Crippen LogP contribution >= 0.6 is 11.3 Å². The molecule has 1 aromatic carbocycles. The van der Waals surface area contributed by atoms with Gasteiger partial charge in [0.15, 0.2) is 5.82 Å². The largest absolute Gasteiger partial charge is 0.490 e. The minimum absolute atomic E-state index is 0.509. The zero-order valence-electron chi connectivity index (χ0n) is 12.7. The average Bonchev–Trinajstić information content (AvgIpc) is 3.07. The first-order valence-corrected chi connectivity index (χ1v) is 8.04. The fourth-order valence-corrected chi connectivity index (χ4v) is 2.98. The van der Waals surface area contributed by atoms with Gasteiger partial charge in [0.1, 0.15) is 17.4 Å². The SMILES string of the molecule is C=CCOc1ccc(-c2nn3c(CC(C)C)nnc3s2)cc1. The lowest BCUT2D eigenvalue weighted by Gasteiger charge is -2.03. The van der Waals surface area contributed by atoms with Crippen molar-refractivity contribution in [2.45, 2.75) is 20.3 Å². The normalized spacial score (nSPS) is 11.2. The molecule has 0 N–H and O–H groups in total. The second-order valence-electron chi connectivity index (χ2n) is 5.44. The molecular weight excluding hydrogens is 296 g/mol. The molecule has 3 rings (SSSR count). The molecule has 2 heterocycles. The van der Waals surface area contributed by atoms with E-state index < -0.39 is 0 Å². The van der Waals surface area contributed by atoms with Crippen molar-refractivity contribution in [3.63, 3.8) is 0 Å². The van der Waals surface area contributed by atoms with Gasteiger partial charge in [-0.3, -0.25) is 0 Å². The van der Waals surface area contributed by atoms with Crippen LogP contribution in [0, 0.1) is 5.92 Å². The van der Waals surface area contributed by atoms with E-state index in [1.165, 1.54) is 0 Å². The molecule has 0 amide bonds. The molecule has 3 aromatic rings. The van der Waals surface area contributed by atoms with Crippen molar-refractivity contribution in [2.75, 3.05) is 6.61 Å². The van der Waals surface area contributed by atoms with E-state index in [0.717, 1.165) is 33.5 Å². The van der Waals surface area contributed by atoms with E-state index in [9.17, 15) is 0 Å². The molecule has 0 bridgehead atoms. The lowest BCUT2D eigenvalue weighted by atomic mass is 10.1. The zero-order valence-corrected chi connectivity index (χ0v) is 13.5. The Balaban J connectivity index is 1.86. The Morgan fingerprint density at radius 1 is 1.27 bits per heavy atom. The smallest absolute Gasteiger partial charge is 0.234 e. The molecule has 0 radical (unpaired) electrons. The van der Waals surface area contributed by atoms with E-state index in [0.29, 0.717) is 12.5 Å². The fourth-order valence-electron chi connectivity index (χ4n) is 2.12. The van der Waals surface area contributed by atoms with Crippen LogP contribution in [-0.2, 0) is 6.42 Å². The highest BCUT2D eigenvalue weighted by molar-refractivity contribution is 7.19.